The lowest BCUT2D eigenvalue weighted by Crippen LogP contribution is -1.91. The molecule has 0 aliphatic heterocycles. The second-order valence-electron chi connectivity index (χ2n) is 3.38. The lowest BCUT2D eigenvalue weighted by atomic mass is 10.3. The molecule has 0 aliphatic rings. The molecule has 3 aromatic heterocycles. The van der Waals surface area contributed by atoms with Crippen LogP contribution in [0.2, 0.25) is 0 Å². The molecule has 0 saturated carbocycles. The molecular formula is C11H8N4O2. The molecule has 0 atom stereocenters. The summed E-state index contributed by atoms with van der Waals surface area (Å²) in [5, 5.41) is 3.84. The minimum Gasteiger partial charge on any atom is -0.472 e. The molecule has 0 amide bonds. The van der Waals surface area contributed by atoms with Gasteiger partial charge in [-0.25, -0.2) is 4.98 Å². The van der Waals surface area contributed by atoms with Gasteiger partial charge in [0.05, 0.1) is 11.8 Å². The van der Waals surface area contributed by atoms with E-state index in [0.717, 1.165) is 5.56 Å². The van der Waals surface area contributed by atoms with E-state index in [0.29, 0.717) is 23.2 Å². The SMILES string of the molecule is Nc1cccc(-c2nc(-c3ccoc3)no2)n1. The van der Waals surface area contributed by atoms with E-state index in [-0.39, 0.29) is 0 Å². The van der Waals surface area contributed by atoms with Crippen molar-refractivity contribution < 1.29 is 8.94 Å². The van der Waals surface area contributed by atoms with E-state index < -0.39 is 0 Å². The molecule has 6 nitrogen and oxygen atoms in total. The molecule has 0 radical (unpaired) electrons. The van der Waals surface area contributed by atoms with Crippen LogP contribution in [-0.2, 0) is 0 Å². The number of nitrogen functional groups attached to an aromatic ring is 1. The van der Waals surface area contributed by atoms with Crippen molar-refractivity contribution in [2.24, 2.45) is 0 Å². The van der Waals surface area contributed by atoms with Crippen LogP contribution in [0.5, 0.6) is 0 Å². The molecule has 0 spiro atoms. The molecule has 3 aromatic rings. The first-order valence-electron chi connectivity index (χ1n) is 4.92. The zero-order chi connectivity index (χ0) is 11.7. The molecular weight excluding hydrogens is 220 g/mol. The fourth-order valence-corrected chi connectivity index (χ4v) is 1.41. The second kappa shape index (κ2) is 3.75. The molecule has 3 heterocycles. The number of hydrogen-bond acceptors (Lipinski definition) is 6. The summed E-state index contributed by atoms with van der Waals surface area (Å²) in [5.41, 5.74) is 6.88. The van der Waals surface area contributed by atoms with Gasteiger partial charge in [-0.1, -0.05) is 11.2 Å². The number of anilines is 1. The van der Waals surface area contributed by atoms with Crippen molar-refractivity contribution in [3.05, 3.63) is 36.8 Å². The van der Waals surface area contributed by atoms with Crippen LogP contribution in [0.25, 0.3) is 23.0 Å². The van der Waals surface area contributed by atoms with Crippen LogP contribution in [0.15, 0.2) is 45.7 Å². The maximum absolute atomic E-state index is 5.58. The van der Waals surface area contributed by atoms with Crippen molar-refractivity contribution in [1.29, 1.82) is 0 Å². The Morgan fingerprint density at radius 3 is 2.82 bits per heavy atom. The molecule has 17 heavy (non-hydrogen) atoms. The predicted molar refractivity (Wildman–Crippen MR) is 59.6 cm³/mol. The Kier molecular flexibility index (Phi) is 2.11. The Balaban J connectivity index is 2.01. The minimum absolute atomic E-state index is 0.327. The number of pyridine rings is 1. The maximum atomic E-state index is 5.58. The average molecular weight is 228 g/mol. The summed E-state index contributed by atoms with van der Waals surface area (Å²) in [5.74, 6) is 1.19. The lowest BCUT2D eigenvalue weighted by molar-refractivity contribution is 0.431. The molecule has 0 saturated heterocycles. The van der Waals surface area contributed by atoms with Gasteiger partial charge >= 0.3 is 0 Å². The van der Waals surface area contributed by atoms with Gasteiger partial charge in [-0.3, -0.25) is 0 Å². The van der Waals surface area contributed by atoms with Crippen LogP contribution in [0.4, 0.5) is 5.82 Å². The number of aromatic nitrogens is 3. The third-order valence-corrected chi connectivity index (χ3v) is 2.20. The zero-order valence-electron chi connectivity index (χ0n) is 8.70. The molecule has 0 aliphatic carbocycles. The number of hydrogen-bond donors (Lipinski definition) is 1. The van der Waals surface area contributed by atoms with E-state index in [4.69, 9.17) is 14.7 Å². The summed E-state index contributed by atoms with van der Waals surface area (Å²) >= 11 is 0. The highest BCUT2D eigenvalue weighted by molar-refractivity contribution is 5.57. The first-order chi connectivity index (χ1) is 8.33. The van der Waals surface area contributed by atoms with Crippen LogP contribution in [-0.4, -0.2) is 15.1 Å². The minimum atomic E-state index is 0.327. The van der Waals surface area contributed by atoms with Crippen molar-refractivity contribution in [1.82, 2.24) is 15.1 Å². The number of nitrogens with two attached hydrogens (primary N) is 1. The highest BCUT2D eigenvalue weighted by Gasteiger charge is 2.12. The fraction of sp³-hybridized carbons (Fsp3) is 0. The summed E-state index contributed by atoms with van der Waals surface area (Å²) in [6.45, 7) is 0. The van der Waals surface area contributed by atoms with E-state index in [1.165, 1.54) is 0 Å². The van der Waals surface area contributed by atoms with Crippen LogP contribution >= 0.6 is 0 Å². The third-order valence-electron chi connectivity index (χ3n) is 2.20. The summed E-state index contributed by atoms with van der Waals surface area (Å²) in [7, 11) is 0. The van der Waals surface area contributed by atoms with Crippen LogP contribution in [0.3, 0.4) is 0 Å². The Hall–Kier alpha value is -2.63. The summed E-state index contributed by atoms with van der Waals surface area (Å²) in [6.07, 6.45) is 3.09. The topological polar surface area (TPSA) is 91.0 Å². The monoisotopic (exact) mass is 228 g/mol. The molecule has 0 aromatic carbocycles. The summed E-state index contributed by atoms with van der Waals surface area (Å²) < 4.78 is 10.1. The zero-order valence-corrected chi connectivity index (χ0v) is 8.70. The van der Waals surface area contributed by atoms with Crippen molar-refractivity contribution in [2.75, 3.05) is 5.73 Å². The van der Waals surface area contributed by atoms with E-state index in [9.17, 15) is 0 Å². The van der Waals surface area contributed by atoms with Crippen LogP contribution < -0.4 is 5.73 Å². The predicted octanol–water partition coefficient (Wildman–Crippen LogP) is 1.97. The Morgan fingerprint density at radius 2 is 2.06 bits per heavy atom. The van der Waals surface area contributed by atoms with Crippen LogP contribution in [0, 0.1) is 0 Å². The second-order valence-corrected chi connectivity index (χ2v) is 3.38. The summed E-state index contributed by atoms with van der Waals surface area (Å²) in [4.78, 5) is 8.30. The van der Waals surface area contributed by atoms with Crippen LogP contribution in [0.1, 0.15) is 0 Å². The molecule has 3 rings (SSSR count). The molecule has 0 unspecified atom stereocenters. The van der Waals surface area contributed by atoms with Crippen molar-refractivity contribution in [3.8, 4) is 23.0 Å². The van der Waals surface area contributed by atoms with Gasteiger partial charge < -0.3 is 14.7 Å². The van der Waals surface area contributed by atoms with Gasteiger partial charge in [-0.15, -0.1) is 0 Å². The van der Waals surface area contributed by atoms with Crippen molar-refractivity contribution in [3.63, 3.8) is 0 Å². The van der Waals surface area contributed by atoms with Crippen molar-refractivity contribution >= 4 is 5.82 Å². The van der Waals surface area contributed by atoms with E-state index in [1.807, 2.05) is 0 Å². The maximum Gasteiger partial charge on any atom is 0.276 e. The van der Waals surface area contributed by atoms with Gasteiger partial charge in [0, 0.05) is 0 Å². The standard InChI is InChI=1S/C11H8N4O2/c12-9-3-1-2-8(13-9)11-14-10(15-17-11)7-4-5-16-6-7/h1-6H,(H2,12,13). The van der Waals surface area contributed by atoms with Gasteiger partial charge in [0.2, 0.25) is 5.82 Å². The van der Waals surface area contributed by atoms with E-state index >= 15 is 0 Å². The van der Waals surface area contributed by atoms with Gasteiger partial charge in [-0.05, 0) is 18.2 Å². The normalized spacial score (nSPS) is 10.6. The quantitative estimate of drug-likeness (QED) is 0.721. The van der Waals surface area contributed by atoms with Gasteiger partial charge in [-0.2, -0.15) is 4.98 Å². The fourth-order valence-electron chi connectivity index (χ4n) is 1.41. The molecule has 0 fully saturated rings. The molecule has 0 bridgehead atoms. The molecule has 2 N–H and O–H groups in total. The largest absolute Gasteiger partial charge is 0.472 e. The highest BCUT2D eigenvalue weighted by atomic mass is 16.5. The third kappa shape index (κ3) is 1.76. The highest BCUT2D eigenvalue weighted by Crippen LogP contribution is 2.21. The van der Waals surface area contributed by atoms with Gasteiger partial charge in [0.25, 0.3) is 5.89 Å². The smallest absolute Gasteiger partial charge is 0.276 e. The number of nitrogens with zero attached hydrogens (tertiary/aromatic N) is 3. The molecule has 6 heteroatoms. The molecule has 84 valence electrons. The van der Waals surface area contributed by atoms with E-state index in [2.05, 4.69) is 15.1 Å². The Bertz CT molecular complexity index is 630. The summed E-state index contributed by atoms with van der Waals surface area (Å²) in [6, 6.07) is 6.97. The Labute approximate surface area is 96.1 Å². The van der Waals surface area contributed by atoms with Gasteiger partial charge in [0.1, 0.15) is 17.8 Å². The van der Waals surface area contributed by atoms with E-state index in [1.54, 1.807) is 36.8 Å². The first kappa shape index (κ1) is 9.59. The first-order valence-corrected chi connectivity index (χ1v) is 4.92. The van der Waals surface area contributed by atoms with Gasteiger partial charge in [0.15, 0.2) is 0 Å². The number of furan rings is 1. The average Bonchev–Trinajstić information content (AvgIpc) is 3.00. The number of rotatable bonds is 2. The van der Waals surface area contributed by atoms with Crippen molar-refractivity contribution in [2.45, 2.75) is 0 Å². The lowest BCUT2D eigenvalue weighted by Gasteiger charge is -1.93. The Morgan fingerprint density at radius 1 is 1.12 bits per heavy atom.